The molecule has 1 aromatic rings. The van der Waals surface area contributed by atoms with Gasteiger partial charge in [-0.15, -0.1) is 0 Å². The first-order valence-electron chi connectivity index (χ1n) is 4.88. The number of nitrogens with one attached hydrogen (secondary N) is 1. The van der Waals surface area contributed by atoms with Crippen molar-refractivity contribution in [1.82, 2.24) is 5.32 Å². The molecule has 1 saturated heterocycles. The molecule has 2 N–H and O–H groups in total. The zero-order chi connectivity index (χ0) is 10.1. The minimum absolute atomic E-state index is 0.328. The van der Waals surface area contributed by atoms with Crippen molar-refractivity contribution in [2.45, 2.75) is 19.3 Å². The highest BCUT2D eigenvalue weighted by atomic mass is 35.5. The number of aromatic hydroxyl groups is 1. The van der Waals surface area contributed by atoms with Crippen molar-refractivity contribution >= 4 is 11.6 Å². The van der Waals surface area contributed by atoms with Gasteiger partial charge >= 0.3 is 0 Å². The molecule has 0 aromatic heterocycles. The molecule has 1 heterocycles. The van der Waals surface area contributed by atoms with Crippen LogP contribution in [0.3, 0.4) is 0 Å². The minimum Gasteiger partial charge on any atom is -0.508 e. The van der Waals surface area contributed by atoms with E-state index in [1.807, 2.05) is 13.0 Å². The van der Waals surface area contributed by atoms with Gasteiger partial charge in [-0.1, -0.05) is 17.7 Å². The largest absolute Gasteiger partial charge is 0.508 e. The van der Waals surface area contributed by atoms with Crippen molar-refractivity contribution < 1.29 is 5.11 Å². The lowest BCUT2D eigenvalue weighted by Gasteiger charge is -2.12. The van der Waals surface area contributed by atoms with Gasteiger partial charge in [-0.3, -0.25) is 0 Å². The molecule has 3 heteroatoms. The van der Waals surface area contributed by atoms with Gasteiger partial charge in [0.25, 0.3) is 0 Å². The SMILES string of the molecule is Cc1cc(C2CCNC2)c(O)cc1Cl. The fourth-order valence-corrected chi connectivity index (χ4v) is 2.10. The number of halogens is 1. The molecule has 0 amide bonds. The van der Waals surface area contributed by atoms with Crippen LogP contribution in [0.2, 0.25) is 5.02 Å². The maximum atomic E-state index is 9.76. The van der Waals surface area contributed by atoms with Crippen LogP contribution in [0, 0.1) is 6.92 Å². The number of hydrogen-bond acceptors (Lipinski definition) is 2. The monoisotopic (exact) mass is 211 g/mol. The third kappa shape index (κ3) is 1.72. The number of aryl methyl sites for hydroxylation is 1. The Morgan fingerprint density at radius 3 is 2.93 bits per heavy atom. The van der Waals surface area contributed by atoms with E-state index in [0.29, 0.717) is 16.7 Å². The molecule has 0 bridgehead atoms. The Morgan fingerprint density at radius 1 is 1.50 bits per heavy atom. The first kappa shape index (κ1) is 9.81. The summed E-state index contributed by atoms with van der Waals surface area (Å²) in [6.45, 7) is 3.95. The summed E-state index contributed by atoms with van der Waals surface area (Å²) in [6, 6.07) is 3.64. The standard InChI is InChI=1S/C11H14ClNO/c1-7-4-9(8-2-3-13-6-8)11(14)5-10(7)12/h4-5,8,13-14H,2-3,6H2,1H3. The van der Waals surface area contributed by atoms with Gasteiger partial charge in [-0.2, -0.15) is 0 Å². The minimum atomic E-state index is 0.328. The van der Waals surface area contributed by atoms with Crippen molar-refractivity contribution in [1.29, 1.82) is 0 Å². The zero-order valence-corrected chi connectivity index (χ0v) is 8.93. The Kier molecular flexibility index (Phi) is 2.66. The summed E-state index contributed by atoms with van der Waals surface area (Å²) >= 11 is 5.92. The van der Waals surface area contributed by atoms with E-state index in [-0.39, 0.29) is 0 Å². The molecule has 1 aliphatic heterocycles. The molecule has 2 nitrogen and oxygen atoms in total. The van der Waals surface area contributed by atoms with E-state index < -0.39 is 0 Å². The summed E-state index contributed by atoms with van der Waals surface area (Å²) in [5.74, 6) is 0.764. The Hall–Kier alpha value is -0.730. The maximum absolute atomic E-state index is 9.76. The predicted octanol–water partition coefficient (Wildman–Crippen LogP) is 2.43. The Bertz CT molecular complexity index is 345. The zero-order valence-electron chi connectivity index (χ0n) is 8.18. The smallest absolute Gasteiger partial charge is 0.120 e. The third-order valence-corrected chi connectivity index (χ3v) is 3.22. The average molecular weight is 212 g/mol. The summed E-state index contributed by atoms with van der Waals surface area (Å²) in [5, 5.41) is 13.7. The Morgan fingerprint density at radius 2 is 2.29 bits per heavy atom. The first-order chi connectivity index (χ1) is 6.68. The van der Waals surface area contributed by atoms with Crippen LogP contribution >= 0.6 is 11.6 Å². The van der Waals surface area contributed by atoms with E-state index in [1.54, 1.807) is 6.07 Å². The molecule has 1 atom stereocenters. The fraction of sp³-hybridized carbons (Fsp3) is 0.455. The van der Waals surface area contributed by atoms with Crippen LogP contribution in [0.5, 0.6) is 5.75 Å². The van der Waals surface area contributed by atoms with Crippen molar-refractivity contribution in [3.8, 4) is 5.75 Å². The van der Waals surface area contributed by atoms with Crippen molar-refractivity contribution in [3.05, 3.63) is 28.3 Å². The summed E-state index contributed by atoms with van der Waals surface area (Å²) in [4.78, 5) is 0. The number of phenolic OH excluding ortho intramolecular Hbond substituents is 1. The van der Waals surface area contributed by atoms with E-state index in [0.717, 1.165) is 30.6 Å². The third-order valence-electron chi connectivity index (χ3n) is 2.81. The normalized spacial score (nSPS) is 21.4. The number of rotatable bonds is 1. The highest BCUT2D eigenvalue weighted by Crippen LogP contribution is 2.33. The van der Waals surface area contributed by atoms with E-state index >= 15 is 0 Å². The van der Waals surface area contributed by atoms with Crippen LogP contribution in [-0.4, -0.2) is 18.2 Å². The molecule has 0 spiro atoms. The molecular formula is C11H14ClNO. The Balaban J connectivity index is 2.37. The van der Waals surface area contributed by atoms with Gasteiger partial charge < -0.3 is 10.4 Å². The molecule has 2 rings (SSSR count). The van der Waals surface area contributed by atoms with Crippen molar-refractivity contribution in [2.75, 3.05) is 13.1 Å². The Labute approximate surface area is 88.9 Å². The molecule has 0 radical (unpaired) electrons. The van der Waals surface area contributed by atoms with Gasteiger partial charge in [0, 0.05) is 17.5 Å². The van der Waals surface area contributed by atoms with Gasteiger partial charge in [0.15, 0.2) is 0 Å². The molecule has 1 aliphatic rings. The van der Waals surface area contributed by atoms with Crippen LogP contribution in [-0.2, 0) is 0 Å². The maximum Gasteiger partial charge on any atom is 0.120 e. The quantitative estimate of drug-likeness (QED) is 0.748. The highest BCUT2D eigenvalue weighted by molar-refractivity contribution is 6.31. The van der Waals surface area contributed by atoms with Crippen LogP contribution in [0.1, 0.15) is 23.5 Å². The van der Waals surface area contributed by atoms with Crippen molar-refractivity contribution in [2.24, 2.45) is 0 Å². The summed E-state index contributed by atoms with van der Waals surface area (Å²) < 4.78 is 0. The van der Waals surface area contributed by atoms with E-state index in [1.165, 1.54) is 0 Å². The lowest BCUT2D eigenvalue weighted by Crippen LogP contribution is -2.08. The predicted molar refractivity (Wildman–Crippen MR) is 58.1 cm³/mol. The topological polar surface area (TPSA) is 32.3 Å². The molecule has 14 heavy (non-hydrogen) atoms. The number of benzene rings is 1. The van der Waals surface area contributed by atoms with Crippen LogP contribution < -0.4 is 5.32 Å². The molecule has 1 fully saturated rings. The summed E-state index contributed by atoms with van der Waals surface area (Å²) in [6.07, 6.45) is 1.09. The molecule has 76 valence electrons. The molecular weight excluding hydrogens is 198 g/mol. The van der Waals surface area contributed by atoms with Gasteiger partial charge in [0.05, 0.1) is 0 Å². The molecule has 1 unspecified atom stereocenters. The highest BCUT2D eigenvalue weighted by Gasteiger charge is 2.20. The number of hydrogen-bond donors (Lipinski definition) is 2. The first-order valence-corrected chi connectivity index (χ1v) is 5.26. The molecule has 0 saturated carbocycles. The summed E-state index contributed by atoms with van der Waals surface area (Å²) in [7, 11) is 0. The lowest BCUT2D eigenvalue weighted by molar-refractivity contribution is 0.462. The second-order valence-electron chi connectivity index (χ2n) is 3.85. The van der Waals surface area contributed by atoms with E-state index in [4.69, 9.17) is 11.6 Å². The molecule has 1 aromatic carbocycles. The number of phenols is 1. The molecule has 0 aliphatic carbocycles. The van der Waals surface area contributed by atoms with Gasteiger partial charge in [0.2, 0.25) is 0 Å². The van der Waals surface area contributed by atoms with Gasteiger partial charge in [0.1, 0.15) is 5.75 Å². The second-order valence-corrected chi connectivity index (χ2v) is 4.26. The van der Waals surface area contributed by atoms with Crippen LogP contribution in [0.15, 0.2) is 12.1 Å². The van der Waals surface area contributed by atoms with Crippen LogP contribution in [0.4, 0.5) is 0 Å². The van der Waals surface area contributed by atoms with Crippen molar-refractivity contribution in [3.63, 3.8) is 0 Å². The van der Waals surface area contributed by atoms with Gasteiger partial charge in [-0.25, -0.2) is 0 Å². The van der Waals surface area contributed by atoms with E-state index in [9.17, 15) is 5.11 Å². The fourth-order valence-electron chi connectivity index (χ4n) is 1.94. The van der Waals surface area contributed by atoms with Gasteiger partial charge in [-0.05, 0) is 37.1 Å². The van der Waals surface area contributed by atoms with Crippen LogP contribution in [0.25, 0.3) is 0 Å². The lowest BCUT2D eigenvalue weighted by atomic mass is 9.96. The second kappa shape index (κ2) is 3.79. The van der Waals surface area contributed by atoms with E-state index in [2.05, 4.69) is 5.32 Å². The average Bonchev–Trinajstić information content (AvgIpc) is 2.64. The summed E-state index contributed by atoms with van der Waals surface area (Å²) in [5.41, 5.74) is 2.06.